The quantitative estimate of drug-likeness (QED) is 0.255. The third kappa shape index (κ3) is 4.08. The largest absolute Gasteiger partial charge is 0.292 e. The van der Waals surface area contributed by atoms with E-state index in [4.69, 9.17) is 9.10 Å². The zero-order chi connectivity index (χ0) is 27.2. The molecule has 0 radical (unpaired) electrons. The zero-order valence-corrected chi connectivity index (χ0v) is 21.1. The van der Waals surface area contributed by atoms with Crippen LogP contribution in [0.3, 0.4) is 0 Å². The van der Waals surface area contributed by atoms with Gasteiger partial charge in [0.05, 0.1) is 16.7 Å². The lowest BCUT2D eigenvalue weighted by Crippen LogP contribution is -2.09. The predicted octanol–water partition coefficient (Wildman–Crippen LogP) is 9.22. The maximum atomic E-state index is 8.26. The lowest BCUT2D eigenvalue weighted by Gasteiger charge is -2.23. The van der Waals surface area contributed by atoms with Crippen LogP contribution < -0.4 is 0 Å². The summed E-state index contributed by atoms with van der Waals surface area (Å²) in [6.45, 7) is 8.67. The van der Waals surface area contributed by atoms with Gasteiger partial charge >= 0.3 is 0 Å². The van der Waals surface area contributed by atoms with Crippen molar-refractivity contribution in [2.45, 2.75) is 53.3 Å². The third-order valence-electron chi connectivity index (χ3n) is 6.82. The Hall–Kier alpha value is -3.65. The molecule has 0 aliphatic rings. The van der Waals surface area contributed by atoms with Gasteiger partial charge in [0.1, 0.15) is 5.82 Å². The fraction of sp³-hybridized carbons (Fsp3) is 0.242. The maximum Gasteiger partial charge on any atom is 0.146 e. The van der Waals surface area contributed by atoms with Gasteiger partial charge < -0.3 is 0 Å². The highest BCUT2D eigenvalue weighted by Gasteiger charge is 2.23. The van der Waals surface area contributed by atoms with E-state index in [0.717, 1.165) is 33.5 Å². The molecule has 1 aromatic heterocycles. The molecule has 0 fully saturated rings. The van der Waals surface area contributed by atoms with Crippen molar-refractivity contribution < 1.29 is 4.11 Å². The first-order chi connectivity index (χ1) is 18.1. The maximum absolute atomic E-state index is 8.26. The van der Waals surface area contributed by atoms with Gasteiger partial charge in [0.25, 0.3) is 0 Å². The lowest BCUT2D eigenvalue weighted by atomic mass is 9.91. The van der Waals surface area contributed by atoms with Crippen molar-refractivity contribution in [3.05, 3.63) is 107 Å². The van der Waals surface area contributed by atoms with E-state index in [1.54, 1.807) is 0 Å². The third-order valence-corrected chi connectivity index (χ3v) is 6.82. The molecule has 0 saturated carbocycles. The summed E-state index contributed by atoms with van der Waals surface area (Å²) in [7, 11) is 0. The minimum Gasteiger partial charge on any atom is -0.292 e. The summed E-state index contributed by atoms with van der Waals surface area (Å²) < 4.78 is 27.1. The van der Waals surface area contributed by atoms with Crippen LogP contribution >= 0.6 is 0 Å². The first-order valence-corrected chi connectivity index (χ1v) is 12.4. The average Bonchev–Trinajstić information content (AvgIpc) is 3.27. The summed E-state index contributed by atoms with van der Waals surface area (Å²) in [5.74, 6) is 1.46. The molecule has 0 spiro atoms. The first-order valence-electron chi connectivity index (χ1n) is 13.9. The van der Waals surface area contributed by atoms with Crippen LogP contribution in [0, 0.1) is 13.8 Å². The Labute approximate surface area is 213 Å². The van der Waals surface area contributed by atoms with Crippen molar-refractivity contribution in [3.8, 4) is 28.2 Å². The van der Waals surface area contributed by atoms with Gasteiger partial charge in [0.2, 0.25) is 0 Å². The summed E-state index contributed by atoms with van der Waals surface area (Å²) >= 11 is 0. The van der Waals surface area contributed by atoms with Crippen molar-refractivity contribution in [1.29, 1.82) is 0 Å². The number of benzene rings is 4. The molecule has 5 rings (SSSR count). The molecule has 0 amide bonds. The Morgan fingerprint density at radius 2 is 1.37 bits per heavy atom. The van der Waals surface area contributed by atoms with Gasteiger partial charge in [0, 0.05) is 9.68 Å². The van der Waals surface area contributed by atoms with Gasteiger partial charge in [-0.1, -0.05) is 94.4 Å². The Morgan fingerprint density at radius 3 is 2.03 bits per heavy atom. The molecule has 0 bridgehead atoms. The minimum absolute atomic E-state index is 0.316. The van der Waals surface area contributed by atoms with E-state index in [9.17, 15) is 0 Å². The molecule has 0 aliphatic carbocycles. The van der Waals surface area contributed by atoms with E-state index < -0.39 is 6.85 Å². The second kappa shape index (κ2) is 9.19. The summed E-state index contributed by atoms with van der Waals surface area (Å²) in [5, 5.41) is 0. The number of nitrogens with zero attached hydrogens (tertiary/aromatic N) is 2. The van der Waals surface area contributed by atoms with E-state index in [2.05, 4.69) is 62.6 Å². The Bertz CT molecular complexity index is 1580. The Kier molecular flexibility index (Phi) is 5.15. The van der Waals surface area contributed by atoms with Crippen molar-refractivity contribution in [1.82, 2.24) is 9.55 Å². The predicted molar refractivity (Wildman–Crippen MR) is 150 cm³/mol. The molecule has 0 saturated heterocycles. The summed E-state index contributed by atoms with van der Waals surface area (Å²) in [6, 6.07) is 28.4. The van der Waals surface area contributed by atoms with Crippen LogP contribution in [0.25, 0.3) is 39.2 Å². The monoisotopic (exact) mass is 461 g/mol. The summed E-state index contributed by atoms with van der Waals surface area (Å²) in [4.78, 5) is 5.17. The molecule has 176 valence electrons. The van der Waals surface area contributed by atoms with Gasteiger partial charge in [-0.25, -0.2) is 4.98 Å². The van der Waals surface area contributed by atoms with E-state index in [0.29, 0.717) is 23.0 Å². The number of hydrogen-bond acceptors (Lipinski definition) is 1. The molecule has 0 unspecified atom stereocenters. The second-order valence-corrected chi connectivity index (χ2v) is 9.93. The van der Waals surface area contributed by atoms with Gasteiger partial charge in [-0.2, -0.15) is 0 Å². The molecule has 0 N–H and O–H groups in total. The number of rotatable bonds is 5. The first kappa shape index (κ1) is 19.6. The van der Waals surface area contributed by atoms with Crippen LogP contribution in [0.2, 0.25) is 0 Å². The average molecular weight is 462 g/mol. The van der Waals surface area contributed by atoms with E-state index >= 15 is 0 Å². The smallest absolute Gasteiger partial charge is 0.146 e. The zero-order valence-electron chi connectivity index (χ0n) is 24.1. The normalized spacial score (nSPS) is 13.3. The van der Waals surface area contributed by atoms with E-state index in [-0.39, 0.29) is 0 Å². The topological polar surface area (TPSA) is 17.8 Å². The molecule has 35 heavy (non-hydrogen) atoms. The minimum atomic E-state index is -2.23. The summed E-state index contributed by atoms with van der Waals surface area (Å²) in [6.07, 6.45) is 0. The van der Waals surface area contributed by atoms with Gasteiger partial charge in [-0.05, 0) is 77.2 Å². The molecule has 0 aliphatic heterocycles. The number of imidazole rings is 1. The van der Waals surface area contributed by atoms with Gasteiger partial charge in [0.15, 0.2) is 0 Å². The number of para-hydroxylation sites is 3. The number of aryl methyl sites for hydroxylation is 2. The van der Waals surface area contributed by atoms with Crippen LogP contribution in [-0.2, 0) is 0 Å². The molecule has 4 aromatic carbocycles. The highest BCUT2D eigenvalue weighted by atomic mass is 15.1. The van der Waals surface area contributed by atoms with Crippen LogP contribution in [-0.4, -0.2) is 9.55 Å². The molecule has 2 heteroatoms. The van der Waals surface area contributed by atoms with Crippen LogP contribution in [0.15, 0.2) is 84.9 Å². The van der Waals surface area contributed by atoms with E-state index in [1.165, 1.54) is 16.8 Å². The Morgan fingerprint density at radius 1 is 0.714 bits per heavy atom. The van der Waals surface area contributed by atoms with E-state index in [1.807, 2.05) is 61.5 Å². The molecule has 1 heterocycles. The Balaban J connectivity index is 1.90. The highest BCUT2D eigenvalue weighted by molar-refractivity contribution is 5.86. The molecule has 0 atom stereocenters. The highest BCUT2D eigenvalue weighted by Crippen LogP contribution is 2.39. The molecular formula is C33H34N2. The van der Waals surface area contributed by atoms with Gasteiger partial charge in [-0.15, -0.1) is 0 Å². The number of fused-ring (bicyclic) bond motifs is 1. The van der Waals surface area contributed by atoms with Crippen molar-refractivity contribution >= 4 is 11.0 Å². The van der Waals surface area contributed by atoms with Gasteiger partial charge in [-0.3, -0.25) is 4.57 Å². The fourth-order valence-corrected chi connectivity index (χ4v) is 5.01. The second-order valence-electron chi connectivity index (χ2n) is 9.93. The van der Waals surface area contributed by atoms with Crippen LogP contribution in [0.4, 0.5) is 0 Å². The molecular weight excluding hydrogens is 424 g/mol. The lowest BCUT2D eigenvalue weighted by molar-refractivity contribution is 0.811. The standard InChI is InChI=1S/C33H34N2/c1-21(2)26-15-12-16-27(22(3)4)32(26)35-31-18-11-10-17-30(31)34-33(35)29-20-28(23(5)19-24(29)6)25-13-8-7-9-14-25/h7-22H,1-6H3/i5D3. The number of aromatic nitrogens is 2. The SMILES string of the molecule is [2H]C([2H])([2H])c1cc(C)c(-c2nc3ccccc3n2-c2c(C(C)C)cccc2C(C)C)cc1-c1ccccc1. The van der Waals surface area contributed by atoms with Crippen molar-refractivity contribution in [2.75, 3.05) is 0 Å². The number of hydrogen-bond donors (Lipinski definition) is 0. The summed E-state index contributed by atoms with van der Waals surface area (Å²) in [5.41, 5.74) is 9.43. The van der Waals surface area contributed by atoms with Crippen LogP contribution in [0.1, 0.15) is 65.9 Å². The van der Waals surface area contributed by atoms with Crippen molar-refractivity contribution in [2.24, 2.45) is 0 Å². The van der Waals surface area contributed by atoms with Crippen LogP contribution in [0.5, 0.6) is 0 Å². The van der Waals surface area contributed by atoms with Crippen molar-refractivity contribution in [3.63, 3.8) is 0 Å². The fourth-order valence-electron chi connectivity index (χ4n) is 5.01. The molecule has 5 aromatic rings. The molecule has 2 nitrogen and oxygen atoms in total.